The van der Waals surface area contributed by atoms with Gasteiger partial charge in [-0.3, -0.25) is 4.79 Å². The van der Waals surface area contributed by atoms with E-state index in [1.54, 1.807) is 24.3 Å². The standard InChI is InChI=1S/C24H27NO2S/c1-18-9-11-21(12-10-18)28-22-8-6-5-7-20(22)15-23(26)25(24(2,3)4)16-19-13-14-27-17-19/h5-14,17H,15-16H2,1-4H3. The van der Waals surface area contributed by atoms with Gasteiger partial charge in [0.15, 0.2) is 0 Å². The fourth-order valence-corrected chi connectivity index (χ4v) is 3.95. The number of carbonyl (C=O) groups excluding carboxylic acids is 1. The Labute approximate surface area is 171 Å². The topological polar surface area (TPSA) is 33.5 Å². The van der Waals surface area contributed by atoms with Crippen molar-refractivity contribution in [1.29, 1.82) is 0 Å². The van der Waals surface area contributed by atoms with Crippen LogP contribution in [0.4, 0.5) is 0 Å². The summed E-state index contributed by atoms with van der Waals surface area (Å²) < 4.78 is 5.18. The zero-order valence-corrected chi connectivity index (χ0v) is 17.8. The largest absolute Gasteiger partial charge is 0.472 e. The number of furan rings is 1. The summed E-state index contributed by atoms with van der Waals surface area (Å²) >= 11 is 1.70. The van der Waals surface area contributed by atoms with E-state index in [0.717, 1.165) is 16.0 Å². The van der Waals surface area contributed by atoms with Gasteiger partial charge < -0.3 is 9.32 Å². The molecule has 3 nitrogen and oxygen atoms in total. The Kier molecular flexibility index (Phi) is 6.30. The van der Waals surface area contributed by atoms with Crippen LogP contribution in [-0.2, 0) is 17.8 Å². The first-order valence-corrected chi connectivity index (χ1v) is 10.3. The fraction of sp³-hybridized carbons (Fsp3) is 0.292. The van der Waals surface area contributed by atoms with Gasteiger partial charge in [0.2, 0.25) is 5.91 Å². The lowest BCUT2D eigenvalue weighted by atomic mass is 10.0. The van der Waals surface area contributed by atoms with E-state index in [1.807, 2.05) is 29.2 Å². The van der Waals surface area contributed by atoms with Gasteiger partial charge in [0.1, 0.15) is 0 Å². The summed E-state index contributed by atoms with van der Waals surface area (Å²) in [5, 5.41) is 0. The molecule has 1 aromatic heterocycles. The second-order valence-corrected chi connectivity index (χ2v) is 9.10. The minimum atomic E-state index is -0.270. The van der Waals surface area contributed by atoms with E-state index in [0.29, 0.717) is 13.0 Å². The molecule has 28 heavy (non-hydrogen) atoms. The molecule has 0 aliphatic rings. The summed E-state index contributed by atoms with van der Waals surface area (Å²) in [5.41, 5.74) is 3.03. The molecule has 0 saturated carbocycles. The SMILES string of the molecule is Cc1ccc(Sc2ccccc2CC(=O)N(Cc2ccoc2)C(C)(C)C)cc1. The van der Waals surface area contributed by atoms with Crippen LogP contribution in [0.25, 0.3) is 0 Å². The molecule has 1 amide bonds. The lowest BCUT2D eigenvalue weighted by Gasteiger charge is -2.35. The van der Waals surface area contributed by atoms with E-state index >= 15 is 0 Å². The smallest absolute Gasteiger partial charge is 0.227 e. The minimum Gasteiger partial charge on any atom is -0.472 e. The number of rotatable bonds is 6. The molecule has 4 heteroatoms. The van der Waals surface area contributed by atoms with E-state index < -0.39 is 0 Å². The van der Waals surface area contributed by atoms with Gasteiger partial charge in [0.05, 0.1) is 18.9 Å². The molecule has 0 spiro atoms. The van der Waals surface area contributed by atoms with Crippen LogP contribution in [0.1, 0.15) is 37.5 Å². The second kappa shape index (κ2) is 8.70. The maximum atomic E-state index is 13.2. The third-order valence-corrected chi connectivity index (χ3v) is 5.72. The van der Waals surface area contributed by atoms with E-state index in [9.17, 15) is 4.79 Å². The highest BCUT2D eigenvalue weighted by Crippen LogP contribution is 2.31. The zero-order valence-electron chi connectivity index (χ0n) is 16.9. The van der Waals surface area contributed by atoms with Gasteiger partial charge in [-0.05, 0) is 57.5 Å². The first-order chi connectivity index (χ1) is 13.3. The zero-order chi connectivity index (χ0) is 20.1. The molecule has 0 fully saturated rings. The Morgan fingerprint density at radius 1 is 1.04 bits per heavy atom. The van der Waals surface area contributed by atoms with Gasteiger partial charge in [-0.1, -0.05) is 47.7 Å². The third kappa shape index (κ3) is 5.29. The minimum absolute atomic E-state index is 0.116. The van der Waals surface area contributed by atoms with Crippen molar-refractivity contribution >= 4 is 17.7 Å². The number of hydrogen-bond acceptors (Lipinski definition) is 3. The van der Waals surface area contributed by atoms with Gasteiger partial charge in [-0.25, -0.2) is 0 Å². The van der Waals surface area contributed by atoms with Crippen LogP contribution in [0.3, 0.4) is 0 Å². The quantitative estimate of drug-likeness (QED) is 0.507. The molecule has 1 heterocycles. The Hall–Kier alpha value is -2.46. The van der Waals surface area contributed by atoms with Crippen LogP contribution in [0.2, 0.25) is 0 Å². The van der Waals surface area contributed by atoms with Gasteiger partial charge in [0, 0.05) is 27.4 Å². The molecule has 0 aliphatic carbocycles. The molecule has 0 atom stereocenters. The molecule has 3 rings (SSSR count). The van der Waals surface area contributed by atoms with Gasteiger partial charge >= 0.3 is 0 Å². The Morgan fingerprint density at radius 2 is 1.75 bits per heavy atom. The monoisotopic (exact) mass is 393 g/mol. The highest BCUT2D eigenvalue weighted by atomic mass is 32.2. The van der Waals surface area contributed by atoms with Crippen LogP contribution >= 0.6 is 11.8 Å². The van der Waals surface area contributed by atoms with Gasteiger partial charge in [-0.2, -0.15) is 0 Å². The summed E-state index contributed by atoms with van der Waals surface area (Å²) in [5.74, 6) is 0.116. The number of carbonyl (C=O) groups is 1. The molecule has 0 radical (unpaired) electrons. The van der Waals surface area contributed by atoms with E-state index in [-0.39, 0.29) is 11.4 Å². The summed E-state index contributed by atoms with van der Waals surface area (Å²) in [6, 6.07) is 18.5. The lowest BCUT2D eigenvalue weighted by Crippen LogP contribution is -2.45. The average molecular weight is 394 g/mol. The predicted octanol–water partition coefficient (Wildman–Crippen LogP) is 6.11. The van der Waals surface area contributed by atoms with Crippen LogP contribution in [0.5, 0.6) is 0 Å². The van der Waals surface area contributed by atoms with Crippen LogP contribution < -0.4 is 0 Å². The molecule has 0 bridgehead atoms. The first-order valence-electron chi connectivity index (χ1n) is 9.47. The van der Waals surface area contributed by atoms with Crippen molar-refractivity contribution in [2.75, 3.05) is 0 Å². The second-order valence-electron chi connectivity index (χ2n) is 7.98. The summed E-state index contributed by atoms with van der Waals surface area (Å²) in [6.45, 7) is 8.84. The molecule has 0 unspecified atom stereocenters. The van der Waals surface area contributed by atoms with Crippen LogP contribution in [0.15, 0.2) is 81.3 Å². The maximum Gasteiger partial charge on any atom is 0.227 e. The molecule has 0 saturated heterocycles. The molecule has 0 N–H and O–H groups in total. The van der Waals surface area contributed by atoms with Gasteiger partial charge in [0.25, 0.3) is 0 Å². The van der Waals surface area contributed by atoms with Crippen molar-refractivity contribution in [3.05, 3.63) is 83.8 Å². The molecular weight excluding hydrogens is 366 g/mol. The third-order valence-electron chi connectivity index (χ3n) is 4.59. The van der Waals surface area contributed by atoms with Crippen molar-refractivity contribution in [2.45, 2.75) is 56.0 Å². The lowest BCUT2D eigenvalue weighted by molar-refractivity contribution is -0.136. The number of amides is 1. The molecule has 146 valence electrons. The Morgan fingerprint density at radius 3 is 2.39 bits per heavy atom. The first kappa shape index (κ1) is 20.3. The van der Waals surface area contributed by atoms with Crippen molar-refractivity contribution in [1.82, 2.24) is 4.90 Å². The summed E-state index contributed by atoms with van der Waals surface area (Å²) in [7, 11) is 0. The van der Waals surface area contributed by atoms with Crippen LogP contribution in [-0.4, -0.2) is 16.3 Å². The molecule has 3 aromatic rings. The summed E-state index contributed by atoms with van der Waals surface area (Å²) in [6.07, 6.45) is 3.73. The highest BCUT2D eigenvalue weighted by Gasteiger charge is 2.27. The number of hydrogen-bond donors (Lipinski definition) is 0. The Bertz CT molecular complexity index is 909. The molecule has 2 aromatic carbocycles. The van der Waals surface area contributed by atoms with Crippen LogP contribution in [0, 0.1) is 6.92 Å². The van der Waals surface area contributed by atoms with E-state index in [2.05, 4.69) is 58.0 Å². The normalized spacial score (nSPS) is 11.4. The molecule has 0 aliphatic heterocycles. The Balaban J connectivity index is 1.79. The maximum absolute atomic E-state index is 13.2. The van der Waals surface area contributed by atoms with E-state index in [4.69, 9.17) is 4.42 Å². The van der Waals surface area contributed by atoms with Crippen molar-refractivity contribution in [3.8, 4) is 0 Å². The number of benzene rings is 2. The van der Waals surface area contributed by atoms with E-state index in [1.165, 1.54) is 10.5 Å². The number of aryl methyl sites for hydroxylation is 1. The average Bonchev–Trinajstić information content (AvgIpc) is 3.15. The van der Waals surface area contributed by atoms with Crippen molar-refractivity contribution in [3.63, 3.8) is 0 Å². The van der Waals surface area contributed by atoms with Gasteiger partial charge in [-0.15, -0.1) is 0 Å². The molecular formula is C24H27NO2S. The number of nitrogens with zero attached hydrogens (tertiary/aromatic N) is 1. The highest BCUT2D eigenvalue weighted by molar-refractivity contribution is 7.99. The van der Waals surface area contributed by atoms with Crippen molar-refractivity contribution < 1.29 is 9.21 Å². The predicted molar refractivity (Wildman–Crippen MR) is 114 cm³/mol. The van der Waals surface area contributed by atoms with Crippen molar-refractivity contribution in [2.24, 2.45) is 0 Å². The fourth-order valence-electron chi connectivity index (χ4n) is 3.01. The summed E-state index contributed by atoms with van der Waals surface area (Å²) in [4.78, 5) is 17.4.